The zero-order valence-electron chi connectivity index (χ0n) is 10.4. The number of hydrogen-bond donors (Lipinski definition) is 1. The van der Waals surface area contributed by atoms with E-state index in [1.54, 1.807) is 6.20 Å². The van der Waals surface area contributed by atoms with Crippen molar-refractivity contribution in [2.75, 3.05) is 0 Å². The number of benzene rings is 1. The summed E-state index contributed by atoms with van der Waals surface area (Å²) in [5.74, 6) is -0.378. The average Bonchev–Trinajstić information content (AvgIpc) is 2.38. The smallest absolute Gasteiger partial charge is 0.317 e. The monoisotopic (exact) mass is 254 g/mol. The van der Waals surface area contributed by atoms with E-state index < -0.39 is 11.4 Å². The highest BCUT2D eigenvalue weighted by Gasteiger charge is 2.48. The van der Waals surface area contributed by atoms with Crippen LogP contribution in [-0.2, 0) is 10.2 Å². The molecule has 0 saturated heterocycles. The molecule has 0 amide bonds. The van der Waals surface area contributed by atoms with Gasteiger partial charge in [-0.2, -0.15) is 0 Å². The molecule has 4 heteroatoms. The first kappa shape index (κ1) is 11.8. The van der Waals surface area contributed by atoms with Crippen molar-refractivity contribution >= 4 is 5.97 Å². The van der Waals surface area contributed by atoms with E-state index in [1.165, 1.54) is 0 Å². The third kappa shape index (κ3) is 1.89. The van der Waals surface area contributed by atoms with Crippen molar-refractivity contribution in [3.8, 4) is 11.3 Å². The molecule has 19 heavy (non-hydrogen) atoms. The van der Waals surface area contributed by atoms with Crippen LogP contribution in [0.2, 0.25) is 0 Å². The number of hydrogen-bond acceptors (Lipinski definition) is 3. The predicted octanol–water partition coefficient (Wildman–Crippen LogP) is 2.65. The van der Waals surface area contributed by atoms with Gasteiger partial charge in [-0.1, -0.05) is 36.8 Å². The molecule has 0 spiro atoms. The van der Waals surface area contributed by atoms with Crippen molar-refractivity contribution in [1.29, 1.82) is 0 Å². The molecule has 0 unspecified atom stereocenters. The van der Waals surface area contributed by atoms with Gasteiger partial charge in [-0.25, -0.2) is 9.97 Å². The van der Waals surface area contributed by atoms with E-state index in [4.69, 9.17) is 0 Å². The first-order valence-electron chi connectivity index (χ1n) is 6.35. The number of aromatic nitrogens is 2. The fourth-order valence-corrected chi connectivity index (χ4v) is 2.42. The highest BCUT2D eigenvalue weighted by molar-refractivity contribution is 5.81. The molecule has 0 atom stereocenters. The van der Waals surface area contributed by atoms with Crippen LogP contribution in [0.5, 0.6) is 0 Å². The topological polar surface area (TPSA) is 63.1 Å². The second-order valence-corrected chi connectivity index (χ2v) is 4.87. The summed E-state index contributed by atoms with van der Waals surface area (Å²) in [7, 11) is 0. The standard InChI is InChI=1S/C15H14N2O2/c18-14(19)15(8-4-9-15)13-16-10-7-12(17-13)11-5-2-1-3-6-11/h1-3,5-7,10H,4,8-9H2,(H,18,19). The number of carboxylic acid groups (broad SMARTS) is 1. The number of aliphatic carboxylic acids is 1. The molecule has 1 heterocycles. The normalized spacial score (nSPS) is 16.6. The van der Waals surface area contributed by atoms with E-state index >= 15 is 0 Å². The van der Waals surface area contributed by atoms with E-state index in [-0.39, 0.29) is 0 Å². The number of rotatable bonds is 3. The Kier molecular flexibility index (Phi) is 2.78. The second kappa shape index (κ2) is 4.46. The van der Waals surface area contributed by atoms with Gasteiger partial charge in [-0.3, -0.25) is 4.79 Å². The Bertz CT molecular complexity index is 607. The van der Waals surface area contributed by atoms with E-state index in [0.29, 0.717) is 18.7 Å². The Morgan fingerprint density at radius 2 is 1.89 bits per heavy atom. The molecule has 1 aliphatic carbocycles. The van der Waals surface area contributed by atoms with Crippen LogP contribution in [0.3, 0.4) is 0 Å². The van der Waals surface area contributed by atoms with Gasteiger partial charge in [-0.05, 0) is 18.9 Å². The zero-order chi connectivity index (χ0) is 13.3. The zero-order valence-corrected chi connectivity index (χ0v) is 10.4. The average molecular weight is 254 g/mol. The molecule has 1 fully saturated rings. The van der Waals surface area contributed by atoms with Crippen LogP contribution in [0.1, 0.15) is 25.1 Å². The molecule has 1 aromatic heterocycles. The summed E-state index contributed by atoms with van der Waals surface area (Å²) in [4.78, 5) is 20.1. The molecule has 4 nitrogen and oxygen atoms in total. The van der Waals surface area contributed by atoms with E-state index in [1.807, 2.05) is 36.4 Å². The first-order chi connectivity index (χ1) is 9.22. The maximum atomic E-state index is 11.5. The van der Waals surface area contributed by atoms with Gasteiger partial charge in [0.1, 0.15) is 11.2 Å². The van der Waals surface area contributed by atoms with Crippen LogP contribution in [0.15, 0.2) is 42.6 Å². The summed E-state index contributed by atoms with van der Waals surface area (Å²) in [6.07, 6.45) is 3.82. The summed E-state index contributed by atoms with van der Waals surface area (Å²) in [6, 6.07) is 11.5. The van der Waals surface area contributed by atoms with Gasteiger partial charge >= 0.3 is 5.97 Å². The molecular weight excluding hydrogens is 240 g/mol. The number of carbonyl (C=O) groups is 1. The van der Waals surface area contributed by atoms with Crippen LogP contribution in [0.25, 0.3) is 11.3 Å². The molecule has 3 rings (SSSR count). The van der Waals surface area contributed by atoms with E-state index in [0.717, 1.165) is 17.7 Å². The molecule has 2 aromatic rings. The molecule has 0 bridgehead atoms. The minimum absolute atomic E-state index is 0.438. The Hall–Kier alpha value is -2.23. The van der Waals surface area contributed by atoms with Crippen molar-refractivity contribution in [1.82, 2.24) is 9.97 Å². The van der Waals surface area contributed by atoms with Gasteiger partial charge < -0.3 is 5.11 Å². The van der Waals surface area contributed by atoms with Crippen molar-refractivity contribution in [2.24, 2.45) is 0 Å². The van der Waals surface area contributed by atoms with Gasteiger partial charge in [-0.15, -0.1) is 0 Å². The Labute approximate surface area is 111 Å². The van der Waals surface area contributed by atoms with Crippen LogP contribution in [-0.4, -0.2) is 21.0 Å². The maximum absolute atomic E-state index is 11.5. The molecule has 1 aliphatic rings. The first-order valence-corrected chi connectivity index (χ1v) is 6.35. The lowest BCUT2D eigenvalue weighted by Gasteiger charge is -2.35. The fraction of sp³-hybridized carbons (Fsp3) is 0.267. The largest absolute Gasteiger partial charge is 0.480 e. The van der Waals surface area contributed by atoms with Crippen molar-refractivity contribution < 1.29 is 9.90 Å². The van der Waals surface area contributed by atoms with E-state index in [2.05, 4.69) is 9.97 Å². The number of carboxylic acids is 1. The lowest BCUT2D eigenvalue weighted by atomic mass is 9.68. The number of nitrogens with zero attached hydrogens (tertiary/aromatic N) is 2. The lowest BCUT2D eigenvalue weighted by molar-refractivity contribution is -0.147. The van der Waals surface area contributed by atoms with Crippen LogP contribution >= 0.6 is 0 Å². The van der Waals surface area contributed by atoms with Crippen LogP contribution in [0, 0.1) is 0 Å². The van der Waals surface area contributed by atoms with Gasteiger partial charge in [0.2, 0.25) is 0 Å². The van der Waals surface area contributed by atoms with E-state index in [9.17, 15) is 9.90 Å². The maximum Gasteiger partial charge on any atom is 0.317 e. The summed E-state index contributed by atoms with van der Waals surface area (Å²) in [5.41, 5.74) is 0.884. The lowest BCUT2D eigenvalue weighted by Crippen LogP contribution is -2.43. The Morgan fingerprint density at radius 3 is 2.47 bits per heavy atom. The minimum atomic E-state index is -0.870. The fourth-order valence-electron chi connectivity index (χ4n) is 2.42. The van der Waals surface area contributed by atoms with Gasteiger partial charge in [0.05, 0.1) is 5.69 Å². The molecular formula is C15H14N2O2. The molecule has 96 valence electrons. The van der Waals surface area contributed by atoms with Gasteiger partial charge in [0.15, 0.2) is 0 Å². The minimum Gasteiger partial charge on any atom is -0.480 e. The van der Waals surface area contributed by atoms with Crippen LogP contribution < -0.4 is 0 Å². The Morgan fingerprint density at radius 1 is 1.16 bits per heavy atom. The van der Waals surface area contributed by atoms with Crippen LogP contribution in [0.4, 0.5) is 0 Å². The van der Waals surface area contributed by atoms with Crippen molar-refractivity contribution in [2.45, 2.75) is 24.7 Å². The SMILES string of the molecule is O=C(O)C1(c2nccc(-c3ccccc3)n2)CCC1. The predicted molar refractivity (Wildman–Crippen MR) is 70.6 cm³/mol. The third-order valence-corrected chi connectivity index (χ3v) is 3.77. The molecule has 1 N–H and O–H groups in total. The quantitative estimate of drug-likeness (QED) is 0.914. The van der Waals surface area contributed by atoms with Gasteiger partial charge in [0.25, 0.3) is 0 Å². The highest BCUT2D eigenvalue weighted by atomic mass is 16.4. The summed E-state index contributed by atoms with van der Waals surface area (Å²) < 4.78 is 0. The van der Waals surface area contributed by atoms with Crippen molar-refractivity contribution in [3.63, 3.8) is 0 Å². The van der Waals surface area contributed by atoms with Gasteiger partial charge in [0, 0.05) is 11.8 Å². The molecule has 1 aromatic carbocycles. The molecule has 0 radical (unpaired) electrons. The Balaban J connectivity index is 2.03. The summed E-state index contributed by atoms with van der Waals surface area (Å²) in [6.45, 7) is 0. The molecule has 1 saturated carbocycles. The third-order valence-electron chi connectivity index (χ3n) is 3.77. The molecule has 0 aliphatic heterocycles. The second-order valence-electron chi connectivity index (χ2n) is 4.87. The summed E-state index contributed by atoms with van der Waals surface area (Å²) in [5, 5.41) is 9.42. The highest BCUT2D eigenvalue weighted by Crippen LogP contribution is 2.42. The van der Waals surface area contributed by atoms with Crippen molar-refractivity contribution in [3.05, 3.63) is 48.4 Å². The summed E-state index contributed by atoms with van der Waals surface area (Å²) >= 11 is 0.